The lowest BCUT2D eigenvalue weighted by Crippen LogP contribution is -2.25. The average Bonchev–Trinajstić information content (AvgIpc) is 2.37. The molecule has 5 heteroatoms. The Morgan fingerprint density at radius 2 is 2.22 bits per heavy atom. The molecule has 1 N–H and O–H groups in total. The highest BCUT2D eigenvalue weighted by Gasteiger charge is 2.10. The Labute approximate surface area is 107 Å². The summed E-state index contributed by atoms with van der Waals surface area (Å²) in [6, 6.07) is 2.82. The van der Waals surface area contributed by atoms with Gasteiger partial charge in [0, 0.05) is 19.7 Å². The number of likely N-dealkylation sites (N-methyl/N-ethyl adjacent to an activating group) is 1. The number of pyridine rings is 1. The molecule has 1 aromatic rings. The normalized spacial score (nSPS) is 12.9. The number of ether oxygens (including phenoxy) is 1. The Kier molecular flexibility index (Phi) is 6.78. The van der Waals surface area contributed by atoms with Crippen molar-refractivity contribution < 1.29 is 14.2 Å². The molecule has 1 rings (SSSR count). The van der Waals surface area contributed by atoms with E-state index >= 15 is 0 Å². The molecular formula is C13H21FN2O2. The SMILES string of the molecule is CCOCCN(C)CCC(O)c1ccc(F)cn1. The molecule has 18 heavy (non-hydrogen) atoms. The van der Waals surface area contributed by atoms with Crippen LogP contribution in [0, 0.1) is 5.82 Å². The molecule has 0 radical (unpaired) electrons. The number of halogens is 1. The lowest BCUT2D eigenvalue weighted by atomic mass is 10.1. The van der Waals surface area contributed by atoms with Gasteiger partial charge in [-0.3, -0.25) is 4.98 Å². The zero-order chi connectivity index (χ0) is 13.4. The van der Waals surface area contributed by atoms with Crippen LogP contribution in [0.1, 0.15) is 25.1 Å². The quantitative estimate of drug-likeness (QED) is 0.718. The number of nitrogens with zero attached hydrogens (tertiary/aromatic N) is 2. The van der Waals surface area contributed by atoms with Crippen LogP contribution >= 0.6 is 0 Å². The maximum absolute atomic E-state index is 12.7. The van der Waals surface area contributed by atoms with Crippen LogP contribution in [0.4, 0.5) is 4.39 Å². The van der Waals surface area contributed by atoms with Gasteiger partial charge in [-0.05, 0) is 32.5 Å². The molecule has 0 saturated heterocycles. The van der Waals surface area contributed by atoms with E-state index in [1.807, 2.05) is 14.0 Å². The van der Waals surface area contributed by atoms with E-state index in [1.165, 1.54) is 12.1 Å². The van der Waals surface area contributed by atoms with Gasteiger partial charge in [0.15, 0.2) is 0 Å². The van der Waals surface area contributed by atoms with Gasteiger partial charge >= 0.3 is 0 Å². The number of hydrogen-bond donors (Lipinski definition) is 1. The molecule has 0 aromatic carbocycles. The molecule has 1 heterocycles. The Hall–Kier alpha value is -1.04. The molecule has 1 unspecified atom stereocenters. The summed E-state index contributed by atoms with van der Waals surface area (Å²) in [6.07, 6.45) is 1.04. The monoisotopic (exact) mass is 256 g/mol. The van der Waals surface area contributed by atoms with Gasteiger partial charge in [-0.25, -0.2) is 4.39 Å². The van der Waals surface area contributed by atoms with Crippen LogP contribution in [-0.4, -0.2) is 48.3 Å². The van der Waals surface area contributed by atoms with Gasteiger partial charge in [-0.2, -0.15) is 0 Å². The molecular weight excluding hydrogens is 235 g/mol. The van der Waals surface area contributed by atoms with Crippen molar-refractivity contribution in [3.8, 4) is 0 Å². The van der Waals surface area contributed by atoms with E-state index in [1.54, 1.807) is 0 Å². The van der Waals surface area contributed by atoms with Gasteiger partial charge < -0.3 is 14.7 Å². The highest BCUT2D eigenvalue weighted by molar-refractivity contribution is 5.07. The standard InChI is InChI=1S/C13H21FN2O2/c1-3-18-9-8-16(2)7-6-13(17)12-5-4-11(14)10-15-12/h4-5,10,13,17H,3,6-9H2,1-2H3. The van der Waals surface area contributed by atoms with E-state index in [0.29, 0.717) is 18.7 Å². The van der Waals surface area contributed by atoms with E-state index in [2.05, 4.69) is 9.88 Å². The molecule has 0 aliphatic rings. The van der Waals surface area contributed by atoms with Crippen LogP contribution in [0.15, 0.2) is 18.3 Å². The van der Waals surface area contributed by atoms with E-state index in [9.17, 15) is 9.50 Å². The van der Waals surface area contributed by atoms with Crippen LogP contribution in [0.25, 0.3) is 0 Å². The van der Waals surface area contributed by atoms with Gasteiger partial charge in [0.1, 0.15) is 5.82 Å². The maximum atomic E-state index is 12.7. The first-order chi connectivity index (χ1) is 8.63. The summed E-state index contributed by atoms with van der Waals surface area (Å²) >= 11 is 0. The van der Waals surface area contributed by atoms with Crippen molar-refractivity contribution in [1.82, 2.24) is 9.88 Å². The minimum absolute atomic E-state index is 0.389. The van der Waals surface area contributed by atoms with Gasteiger partial charge in [0.25, 0.3) is 0 Å². The number of aliphatic hydroxyl groups is 1. The minimum Gasteiger partial charge on any atom is -0.387 e. The Morgan fingerprint density at radius 3 is 2.83 bits per heavy atom. The first kappa shape index (κ1) is 15.0. The topological polar surface area (TPSA) is 45.6 Å². The second-order valence-electron chi connectivity index (χ2n) is 4.21. The van der Waals surface area contributed by atoms with E-state index in [-0.39, 0.29) is 5.82 Å². The lowest BCUT2D eigenvalue weighted by Gasteiger charge is -2.18. The summed E-state index contributed by atoms with van der Waals surface area (Å²) < 4.78 is 17.9. The smallest absolute Gasteiger partial charge is 0.141 e. The molecule has 0 spiro atoms. The fraction of sp³-hybridized carbons (Fsp3) is 0.615. The minimum atomic E-state index is -0.653. The Morgan fingerprint density at radius 1 is 1.44 bits per heavy atom. The molecule has 0 amide bonds. The number of hydrogen-bond acceptors (Lipinski definition) is 4. The molecule has 102 valence electrons. The first-order valence-corrected chi connectivity index (χ1v) is 6.19. The molecule has 0 saturated carbocycles. The molecule has 0 aliphatic carbocycles. The van der Waals surface area contributed by atoms with Crippen molar-refractivity contribution in [3.63, 3.8) is 0 Å². The van der Waals surface area contributed by atoms with Crippen molar-refractivity contribution in [3.05, 3.63) is 29.8 Å². The summed E-state index contributed by atoms with van der Waals surface area (Å²) in [6.45, 7) is 4.95. The third-order valence-corrected chi connectivity index (χ3v) is 2.70. The Bertz CT molecular complexity index is 332. The first-order valence-electron chi connectivity index (χ1n) is 6.19. The molecule has 1 atom stereocenters. The second kappa shape index (κ2) is 8.13. The van der Waals surface area contributed by atoms with Crippen LogP contribution in [-0.2, 0) is 4.74 Å². The third kappa shape index (κ3) is 5.53. The van der Waals surface area contributed by atoms with Crippen molar-refractivity contribution in [1.29, 1.82) is 0 Å². The zero-order valence-electron chi connectivity index (χ0n) is 11.0. The molecule has 0 fully saturated rings. The largest absolute Gasteiger partial charge is 0.387 e. The summed E-state index contributed by atoms with van der Waals surface area (Å²) in [7, 11) is 1.98. The highest BCUT2D eigenvalue weighted by atomic mass is 19.1. The second-order valence-corrected chi connectivity index (χ2v) is 4.21. The fourth-order valence-corrected chi connectivity index (χ4v) is 1.55. The molecule has 0 bridgehead atoms. The van der Waals surface area contributed by atoms with Crippen molar-refractivity contribution in [2.24, 2.45) is 0 Å². The van der Waals surface area contributed by atoms with Gasteiger partial charge in [0.05, 0.1) is 24.6 Å². The van der Waals surface area contributed by atoms with E-state index in [0.717, 1.165) is 25.9 Å². The van der Waals surface area contributed by atoms with Crippen LogP contribution in [0.2, 0.25) is 0 Å². The predicted octanol–water partition coefficient (Wildman–Crippen LogP) is 1.61. The predicted molar refractivity (Wildman–Crippen MR) is 67.8 cm³/mol. The van der Waals surface area contributed by atoms with Gasteiger partial charge in [0.2, 0.25) is 0 Å². The van der Waals surface area contributed by atoms with Crippen LogP contribution in [0.5, 0.6) is 0 Å². The van der Waals surface area contributed by atoms with Crippen molar-refractivity contribution in [2.45, 2.75) is 19.4 Å². The number of aliphatic hydroxyl groups excluding tert-OH is 1. The summed E-state index contributed by atoms with van der Waals surface area (Å²) in [5.41, 5.74) is 0.509. The maximum Gasteiger partial charge on any atom is 0.141 e. The number of aromatic nitrogens is 1. The van der Waals surface area contributed by atoms with Gasteiger partial charge in [-0.15, -0.1) is 0 Å². The van der Waals surface area contributed by atoms with Gasteiger partial charge in [-0.1, -0.05) is 0 Å². The van der Waals surface area contributed by atoms with E-state index < -0.39 is 6.10 Å². The van der Waals surface area contributed by atoms with Crippen molar-refractivity contribution in [2.75, 3.05) is 33.4 Å². The van der Waals surface area contributed by atoms with Crippen molar-refractivity contribution >= 4 is 0 Å². The van der Waals surface area contributed by atoms with Crippen LogP contribution < -0.4 is 0 Å². The molecule has 0 aliphatic heterocycles. The third-order valence-electron chi connectivity index (χ3n) is 2.70. The highest BCUT2D eigenvalue weighted by Crippen LogP contribution is 2.14. The molecule has 4 nitrogen and oxygen atoms in total. The number of rotatable bonds is 8. The van der Waals surface area contributed by atoms with E-state index in [4.69, 9.17) is 4.74 Å². The zero-order valence-corrected chi connectivity index (χ0v) is 11.0. The Balaban J connectivity index is 2.27. The lowest BCUT2D eigenvalue weighted by molar-refractivity contribution is 0.107. The van der Waals surface area contributed by atoms with Crippen LogP contribution in [0.3, 0.4) is 0 Å². The average molecular weight is 256 g/mol. The fourth-order valence-electron chi connectivity index (χ4n) is 1.55. The molecule has 1 aromatic heterocycles. The summed E-state index contributed by atoms with van der Waals surface area (Å²) in [5.74, 6) is -0.389. The summed E-state index contributed by atoms with van der Waals surface area (Å²) in [4.78, 5) is 5.95. The summed E-state index contributed by atoms with van der Waals surface area (Å²) in [5, 5.41) is 9.89.